The number of halogens is 9. The fraction of sp³-hybridized carbons (Fsp3) is 1.00. The molecule has 3 nitrogen and oxygen atoms in total. The summed E-state index contributed by atoms with van der Waals surface area (Å²) in [4.78, 5) is 0. The lowest BCUT2D eigenvalue weighted by molar-refractivity contribution is -0.283. The predicted molar refractivity (Wildman–Crippen MR) is 50.9 cm³/mol. The van der Waals surface area contributed by atoms with Crippen LogP contribution in [0, 0.1) is 0 Å². The summed E-state index contributed by atoms with van der Waals surface area (Å²) in [7, 11) is -6.84. The molecule has 0 aliphatic carbocycles. The molecule has 0 heterocycles. The van der Waals surface area contributed by atoms with Gasteiger partial charge >= 0.3 is 33.4 Å². The fourth-order valence-electron chi connectivity index (χ4n) is 1.20. The molecule has 0 aromatic carbocycles. The smallest absolute Gasteiger partial charge is 0.281 e. The van der Waals surface area contributed by atoms with E-state index >= 15 is 0 Å². The second-order valence-electron chi connectivity index (χ2n) is 4.09. The van der Waals surface area contributed by atoms with Crippen LogP contribution < -0.4 is 0 Å². The van der Waals surface area contributed by atoms with Crippen LogP contribution >= 0.6 is 0 Å². The van der Waals surface area contributed by atoms with Crippen molar-refractivity contribution in [3.05, 3.63) is 0 Å². The minimum absolute atomic E-state index is 1.04. The van der Waals surface area contributed by atoms with Gasteiger partial charge < -0.3 is 0 Å². The molecule has 21 heavy (non-hydrogen) atoms. The van der Waals surface area contributed by atoms with Crippen molar-refractivity contribution >= 4 is 10.1 Å². The van der Waals surface area contributed by atoms with Gasteiger partial charge in [0.05, 0.1) is 0 Å². The van der Waals surface area contributed by atoms with Crippen LogP contribution in [0.1, 0.15) is 25.7 Å². The zero-order valence-corrected chi connectivity index (χ0v) is 10.7. The summed E-state index contributed by atoms with van der Waals surface area (Å²) >= 11 is 0. The van der Waals surface area contributed by atoms with Crippen LogP contribution in [-0.2, 0) is 10.1 Å². The lowest BCUT2D eigenvalue weighted by atomic mass is 10.0. The molecule has 0 spiro atoms. The van der Waals surface area contributed by atoms with Crippen LogP contribution in [0.25, 0.3) is 0 Å². The molecule has 0 radical (unpaired) electrons. The molecule has 0 saturated carbocycles. The van der Waals surface area contributed by atoms with E-state index in [0.717, 1.165) is 0 Å². The van der Waals surface area contributed by atoms with Gasteiger partial charge in [-0.25, -0.2) is 0 Å². The van der Waals surface area contributed by atoms with Gasteiger partial charge in [-0.2, -0.15) is 47.9 Å². The molecule has 0 unspecified atom stereocenters. The number of alkyl halides is 9. The first-order chi connectivity index (χ1) is 8.96. The van der Waals surface area contributed by atoms with Gasteiger partial charge in [-0.1, -0.05) is 0 Å². The Morgan fingerprint density at radius 1 is 0.762 bits per heavy atom. The number of hydrogen-bond acceptors (Lipinski definition) is 2. The Balaban J connectivity index is 4.98. The standard InChI is InChI=1S/C8H9F9O3S/c9-5(10,3-1-2-4-6(11,12)13)7(14,15)8(16,17)21(18,19)20/h1-4H2,(H,18,19,20). The predicted octanol–water partition coefficient (Wildman–Crippen LogP) is 3.86. The monoisotopic (exact) mass is 356 g/mol. The minimum atomic E-state index is -6.84. The van der Waals surface area contributed by atoms with Gasteiger partial charge in [0, 0.05) is 12.8 Å². The molecule has 0 amide bonds. The van der Waals surface area contributed by atoms with Crippen LogP contribution in [0.4, 0.5) is 39.5 Å². The molecular weight excluding hydrogens is 347 g/mol. The Kier molecular flexibility index (Phi) is 5.62. The SMILES string of the molecule is O=S(=O)(O)C(F)(F)C(F)(F)C(F)(F)CCCCC(F)(F)F. The van der Waals surface area contributed by atoms with Crippen molar-refractivity contribution in [2.75, 3.05) is 0 Å². The molecule has 13 heteroatoms. The minimum Gasteiger partial charge on any atom is -0.281 e. The highest BCUT2D eigenvalue weighted by Crippen LogP contribution is 2.50. The molecule has 128 valence electrons. The van der Waals surface area contributed by atoms with Gasteiger partial charge in [-0.3, -0.25) is 4.55 Å². The number of hydrogen-bond donors (Lipinski definition) is 1. The molecule has 0 aliphatic heterocycles. The van der Waals surface area contributed by atoms with Crippen LogP contribution in [-0.4, -0.2) is 36.2 Å². The van der Waals surface area contributed by atoms with Gasteiger partial charge in [0.15, 0.2) is 0 Å². The molecule has 0 atom stereocenters. The van der Waals surface area contributed by atoms with Gasteiger partial charge in [0.2, 0.25) is 0 Å². The summed E-state index contributed by atoms with van der Waals surface area (Å²) < 4.78 is 140. The number of rotatable bonds is 7. The summed E-state index contributed by atoms with van der Waals surface area (Å²) in [5, 5.41) is -6.48. The second kappa shape index (κ2) is 5.82. The molecule has 0 aliphatic rings. The molecule has 0 bridgehead atoms. The summed E-state index contributed by atoms with van der Waals surface area (Å²) in [6.07, 6.45) is -10.7. The third-order valence-electron chi connectivity index (χ3n) is 2.35. The van der Waals surface area contributed by atoms with E-state index < -0.39 is 59.1 Å². The Morgan fingerprint density at radius 2 is 1.14 bits per heavy atom. The van der Waals surface area contributed by atoms with Gasteiger partial charge in [-0.15, -0.1) is 0 Å². The van der Waals surface area contributed by atoms with E-state index in [0.29, 0.717) is 0 Å². The molecule has 0 fully saturated rings. The lowest BCUT2D eigenvalue weighted by Gasteiger charge is -2.30. The van der Waals surface area contributed by atoms with E-state index in [4.69, 9.17) is 4.55 Å². The Bertz CT molecular complexity index is 454. The maximum absolute atomic E-state index is 13.0. The highest BCUT2D eigenvalue weighted by molar-refractivity contribution is 7.87. The first kappa shape index (κ1) is 20.3. The molecule has 0 aromatic heterocycles. The van der Waals surface area contributed by atoms with E-state index in [-0.39, 0.29) is 0 Å². The summed E-state index contributed by atoms with van der Waals surface area (Å²) in [5.41, 5.74) is 0. The van der Waals surface area contributed by atoms with E-state index in [1.807, 2.05) is 0 Å². The quantitative estimate of drug-likeness (QED) is 0.428. The van der Waals surface area contributed by atoms with Gasteiger partial charge in [0.1, 0.15) is 0 Å². The van der Waals surface area contributed by atoms with Crippen molar-refractivity contribution in [1.29, 1.82) is 0 Å². The van der Waals surface area contributed by atoms with E-state index in [1.165, 1.54) is 0 Å². The van der Waals surface area contributed by atoms with Gasteiger partial charge in [-0.05, 0) is 12.8 Å². The fourth-order valence-corrected chi connectivity index (χ4v) is 1.68. The van der Waals surface area contributed by atoms with Crippen molar-refractivity contribution in [2.24, 2.45) is 0 Å². The summed E-state index contributed by atoms with van der Waals surface area (Å²) in [6, 6.07) is 0. The highest BCUT2D eigenvalue weighted by atomic mass is 32.2. The van der Waals surface area contributed by atoms with Crippen molar-refractivity contribution < 1.29 is 52.5 Å². The van der Waals surface area contributed by atoms with E-state index in [9.17, 15) is 47.9 Å². The first-order valence-electron chi connectivity index (χ1n) is 5.13. The lowest BCUT2D eigenvalue weighted by Crippen LogP contribution is -2.57. The topological polar surface area (TPSA) is 54.4 Å². The third-order valence-corrected chi connectivity index (χ3v) is 3.25. The average molecular weight is 356 g/mol. The zero-order chi connectivity index (χ0) is 17.3. The summed E-state index contributed by atoms with van der Waals surface area (Å²) in [5.74, 6) is -12.1. The third kappa shape index (κ3) is 4.63. The maximum Gasteiger partial charge on any atom is 0.437 e. The zero-order valence-electron chi connectivity index (χ0n) is 9.90. The Labute approximate surface area is 112 Å². The van der Waals surface area contributed by atoms with Crippen LogP contribution in [0.15, 0.2) is 0 Å². The second-order valence-corrected chi connectivity index (χ2v) is 5.56. The highest BCUT2D eigenvalue weighted by Gasteiger charge is 2.76. The average Bonchev–Trinajstić information content (AvgIpc) is 2.21. The van der Waals surface area contributed by atoms with Crippen molar-refractivity contribution in [3.8, 4) is 0 Å². The first-order valence-corrected chi connectivity index (χ1v) is 6.57. The Hall–Kier alpha value is -0.720. The Morgan fingerprint density at radius 3 is 1.48 bits per heavy atom. The van der Waals surface area contributed by atoms with Gasteiger partial charge in [0.25, 0.3) is 0 Å². The van der Waals surface area contributed by atoms with Crippen LogP contribution in [0.3, 0.4) is 0 Å². The maximum atomic E-state index is 13.0. The van der Waals surface area contributed by atoms with E-state index in [2.05, 4.69) is 0 Å². The molecule has 1 N–H and O–H groups in total. The van der Waals surface area contributed by atoms with Crippen molar-refractivity contribution in [2.45, 2.75) is 49.0 Å². The van der Waals surface area contributed by atoms with Crippen molar-refractivity contribution in [3.63, 3.8) is 0 Å². The number of unbranched alkanes of at least 4 members (excludes halogenated alkanes) is 1. The van der Waals surface area contributed by atoms with Crippen LogP contribution in [0.5, 0.6) is 0 Å². The van der Waals surface area contributed by atoms with Crippen molar-refractivity contribution in [1.82, 2.24) is 0 Å². The van der Waals surface area contributed by atoms with Crippen LogP contribution in [0.2, 0.25) is 0 Å². The molecule has 0 aromatic rings. The molecule has 0 rings (SSSR count). The molecule has 0 saturated heterocycles. The molecular formula is C8H9F9O3S. The summed E-state index contributed by atoms with van der Waals surface area (Å²) in [6.45, 7) is 0. The normalized spacial score (nSPS) is 15.3. The largest absolute Gasteiger partial charge is 0.437 e. The van der Waals surface area contributed by atoms with E-state index in [1.54, 1.807) is 0 Å².